The minimum atomic E-state index is -0.859. The predicted octanol–water partition coefficient (Wildman–Crippen LogP) is 4.31. The molecule has 1 aliphatic carbocycles. The number of nitrogens with one attached hydrogen (secondary N) is 1. The number of rotatable bonds is 5. The number of phenols is 1. The van der Waals surface area contributed by atoms with Gasteiger partial charge in [-0.2, -0.15) is 9.97 Å². The van der Waals surface area contributed by atoms with E-state index in [4.69, 9.17) is 9.72 Å². The van der Waals surface area contributed by atoms with Crippen molar-refractivity contribution in [1.82, 2.24) is 25.2 Å². The molecule has 5 aliphatic rings. The number of nitrogens with zero attached hydrogens (tertiary/aromatic N) is 5. The number of alkyl halides is 1. The number of halogens is 2. The standard InChI is InChI=1S/C31H36F2N6O2/c32-19-12-31(8-3-9-39(31)14-19)17-41-30-36-28-25(29(37-30)38-15-20-6-7-21(16-38)35-20)13-34-27(26(28)33)24-11-22(40)10-18-4-1-2-5-23(18)24/h10-11,13,19-21,35,40H,1-9,12,14-17H2/t19-,20-,21+,31+/m1/s1. The highest BCUT2D eigenvalue weighted by Gasteiger charge is 2.49. The maximum atomic E-state index is 16.6. The monoisotopic (exact) mass is 562 g/mol. The summed E-state index contributed by atoms with van der Waals surface area (Å²) in [6.07, 6.45) is 9.13. The molecule has 8 rings (SSSR count). The molecule has 0 spiro atoms. The Morgan fingerprint density at radius 3 is 2.76 bits per heavy atom. The second-order valence-corrected chi connectivity index (χ2v) is 12.8. The average Bonchev–Trinajstić information content (AvgIpc) is 3.61. The molecule has 216 valence electrons. The van der Waals surface area contributed by atoms with Crippen molar-refractivity contribution in [2.75, 3.05) is 37.7 Å². The first-order valence-electron chi connectivity index (χ1n) is 15.2. The molecule has 4 saturated heterocycles. The Bertz CT molecular complexity index is 1510. The van der Waals surface area contributed by atoms with Crippen LogP contribution in [0.5, 0.6) is 11.8 Å². The zero-order valence-corrected chi connectivity index (χ0v) is 23.2. The minimum Gasteiger partial charge on any atom is -0.508 e. The van der Waals surface area contributed by atoms with E-state index in [2.05, 4.69) is 25.1 Å². The van der Waals surface area contributed by atoms with Gasteiger partial charge in [-0.15, -0.1) is 0 Å². The van der Waals surface area contributed by atoms with E-state index in [0.717, 1.165) is 82.1 Å². The molecule has 1 aromatic carbocycles. The predicted molar refractivity (Wildman–Crippen MR) is 152 cm³/mol. The van der Waals surface area contributed by atoms with Crippen molar-refractivity contribution >= 4 is 16.7 Å². The van der Waals surface area contributed by atoms with Gasteiger partial charge in [0, 0.05) is 49.9 Å². The number of aryl methyl sites for hydroxylation is 1. The summed E-state index contributed by atoms with van der Waals surface area (Å²) < 4.78 is 37.2. The van der Waals surface area contributed by atoms with Crippen LogP contribution in [0.3, 0.4) is 0 Å². The molecule has 0 radical (unpaired) electrons. The molecule has 0 amide bonds. The van der Waals surface area contributed by atoms with E-state index < -0.39 is 12.0 Å². The molecular weight excluding hydrogens is 526 g/mol. The highest BCUT2D eigenvalue weighted by molar-refractivity contribution is 5.92. The van der Waals surface area contributed by atoms with Crippen LogP contribution in [0.15, 0.2) is 18.3 Å². The molecule has 8 nitrogen and oxygen atoms in total. The van der Waals surface area contributed by atoms with E-state index in [-0.39, 0.29) is 35.1 Å². The zero-order chi connectivity index (χ0) is 27.7. The van der Waals surface area contributed by atoms with Crippen LogP contribution in [0.2, 0.25) is 0 Å². The van der Waals surface area contributed by atoms with Crippen molar-refractivity contribution in [3.63, 3.8) is 0 Å². The van der Waals surface area contributed by atoms with E-state index in [9.17, 15) is 9.50 Å². The first kappa shape index (κ1) is 25.6. The normalized spacial score (nSPS) is 29.2. The van der Waals surface area contributed by atoms with Crippen molar-refractivity contribution in [2.24, 2.45) is 0 Å². The molecule has 3 aromatic rings. The number of aromatic nitrogens is 3. The largest absolute Gasteiger partial charge is 0.508 e. The molecule has 10 heteroatoms. The lowest BCUT2D eigenvalue weighted by Gasteiger charge is -2.34. The van der Waals surface area contributed by atoms with Crippen LogP contribution in [0, 0.1) is 5.82 Å². The Morgan fingerprint density at radius 1 is 1.07 bits per heavy atom. The summed E-state index contributed by atoms with van der Waals surface area (Å²) in [5.41, 5.74) is 2.74. The molecule has 41 heavy (non-hydrogen) atoms. The van der Waals surface area contributed by atoms with Gasteiger partial charge in [-0.05, 0) is 81.2 Å². The molecule has 4 aliphatic heterocycles. The third-order valence-corrected chi connectivity index (χ3v) is 10.1. The van der Waals surface area contributed by atoms with Crippen LogP contribution in [0.4, 0.5) is 14.6 Å². The van der Waals surface area contributed by atoms with Crippen molar-refractivity contribution in [2.45, 2.75) is 81.6 Å². The number of hydrogen-bond acceptors (Lipinski definition) is 8. The Balaban J connectivity index is 1.23. The highest BCUT2D eigenvalue weighted by atomic mass is 19.1. The van der Waals surface area contributed by atoms with Crippen LogP contribution in [0.25, 0.3) is 22.2 Å². The Morgan fingerprint density at radius 2 is 1.90 bits per heavy atom. The minimum absolute atomic E-state index is 0.119. The third-order valence-electron chi connectivity index (χ3n) is 10.1. The van der Waals surface area contributed by atoms with Gasteiger partial charge in [0.25, 0.3) is 0 Å². The second kappa shape index (κ2) is 9.73. The molecule has 2 N–H and O–H groups in total. The molecule has 2 aromatic heterocycles. The summed E-state index contributed by atoms with van der Waals surface area (Å²) in [5, 5.41) is 14.7. The number of pyridine rings is 1. The fourth-order valence-electron chi connectivity index (χ4n) is 8.19. The highest BCUT2D eigenvalue weighted by Crippen LogP contribution is 2.42. The van der Waals surface area contributed by atoms with Crippen LogP contribution >= 0.6 is 0 Å². The van der Waals surface area contributed by atoms with Crippen LogP contribution in [-0.4, -0.2) is 81.5 Å². The van der Waals surface area contributed by atoms with Gasteiger partial charge >= 0.3 is 6.01 Å². The van der Waals surface area contributed by atoms with Gasteiger partial charge in [0.15, 0.2) is 5.82 Å². The van der Waals surface area contributed by atoms with E-state index in [1.165, 1.54) is 0 Å². The first-order chi connectivity index (χ1) is 20.0. The van der Waals surface area contributed by atoms with E-state index in [1.807, 2.05) is 0 Å². The lowest BCUT2D eigenvalue weighted by Crippen LogP contribution is -2.51. The number of ether oxygens (including phenoxy) is 1. The van der Waals surface area contributed by atoms with Crippen LogP contribution in [0.1, 0.15) is 56.1 Å². The van der Waals surface area contributed by atoms with Gasteiger partial charge in [0.2, 0.25) is 0 Å². The number of piperazine rings is 1. The second-order valence-electron chi connectivity index (χ2n) is 12.8. The first-order valence-corrected chi connectivity index (χ1v) is 15.2. The molecule has 0 unspecified atom stereocenters. The average molecular weight is 563 g/mol. The topological polar surface area (TPSA) is 86.6 Å². The van der Waals surface area contributed by atoms with Gasteiger partial charge < -0.3 is 20.1 Å². The number of fused-ring (bicyclic) bond motifs is 5. The van der Waals surface area contributed by atoms with Crippen molar-refractivity contribution in [3.8, 4) is 23.0 Å². The Labute approximate surface area is 238 Å². The van der Waals surface area contributed by atoms with Gasteiger partial charge in [0.05, 0.1) is 10.9 Å². The van der Waals surface area contributed by atoms with Crippen molar-refractivity contribution in [1.29, 1.82) is 0 Å². The SMILES string of the molecule is Oc1cc2c(c(-c3ncc4c(N5C[C@H]6CC[C@@H](C5)N6)nc(OC[C@@]56CCCN5C[C@H](F)C6)nc4c3F)c1)CCCC2. The molecule has 0 saturated carbocycles. The fraction of sp³-hybridized carbons (Fsp3) is 0.581. The van der Waals surface area contributed by atoms with Crippen LogP contribution < -0.4 is 15.0 Å². The number of aromatic hydroxyl groups is 1. The lowest BCUT2D eigenvalue weighted by molar-refractivity contribution is 0.107. The number of anilines is 1. The van der Waals surface area contributed by atoms with Crippen LogP contribution in [-0.2, 0) is 12.8 Å². The number of phenolic OH excluding ortho intramolecular Hbond substituents is 1. The maximum absolute atomic E-state index is 16.6. The summed E-state index contributed by atoms with van der Waals surface area (Å²) in [4.78, 5) is 18.5. The Kier molecular flexibility index (Phi) is 6.07. The molecular formula is C31H36F2N6O2. The van der Waals surface area contributed by atoms with Crippen molar-refractivity contribution < 1.29 is 18.6 Å². The van der Waals surface area contributed by atoms with Gasteiger partial charge in [0.1, 0.15) is 35.6 Å². The fourth-order valence-corrected chi connectivity index (χ4v) is 8.19. The zero-order valence-electron chi connectivity index (χ0n) is 23.2. The van der Waals surface area contributed by atoms with E-state index >= 15 is 4.39 Å². The quantitative estimate of drug-likeness (QED) is 0.476. The summed E-state index contributed by atoms with van der Waals surface area (Å²) in [6, 6.07) is 4.26. The smallest absolute Gasteiger partial charge is 0.319 e. The Hall–Kier alpha value is -3.11. The van der Waals surface area contributed by atoms with Gasteiger partial charge in [-0.25, -0.2) is 8.78 Å². The summed E-state index contributed by atoms with van der Waals surface area (Å²) in [7, 11) is 0. The molecule has 4 fully saturated rings. The van der Waals surface area contributed by atoms with E-state index in [0.29, 0.717) is 41.8 Å². The summed E-state index contributed by atoms with van der Waals surface area (Å²) in [6.45, 7) is 3.13. The lowest BCUT2D eigenvalue weighted by atomic mass is 9.86. The maximum Gasteiger partial charge on any atom is 0.319 e. The van der Waals surface area contributed by atoms with E-state index in [1.54, 1.807) is 18.3 Å². The van der Waals surface area contributed by atoms with Gasteiger partial charge in [-0.1, -0.05) is 0 Å². The number of benzene rings is 1. The summed E-state index contributed by atoms with van der Waals surface area (Å²) >= 11 is 0. The molecule has 4 atom stereocenters. The van der Waals surface area contributed by atoms with Crippen molar-refractivity contribution in [3.05, 3.63) is 35.3 Å². The third kappa shape index (κ3) is 4.33. The number of hydrogen-bond donors (Lipinski definition) is 2. The molecule has 6 heterocycles. The summed E-state index contributed by atoms with van der Waals surface area (Å²) in [5.74, 6) is 0.224. The van der Waals surface area contributed by atoms with Gasteiger partial charge in [-0.3, -0.25) is 9.88 Å². The molecule has 2 bridgehead atoms.